The Morgan fingerprint density at radius 3 is 2.38 bits per heavy atom. The van der Waals surface area contributed by atoms with E-state index in [1.165, 1.54) is 28.0 Å². The maximum atomic E-state index is 12.3. The van der Waals surface area contributed by atoms with Crippen LogP contribution in [0.5, 0.6) is 0 Å². The van der Waals surface area contributed by atoms with Gasteiger partial charge in [-0.15, -0.1) is 0 Å². The van der Waals surface area contributed by atoms with Gasteiger partial charge >= 0.3 is 5.97 Å². The highest BCUT2D eigenvalue weighted by molar-refractivity contribution is 5.97. The van der Waals surface area contributed by atoms with Crippen molar-refractivity contribution in [3.05, 3.63) is 114 Å². The largest absolute Gasteiger partial charge is 0.457 e. The number of nitrogens with one attached hydrogen (secondary N) is 1. The van der Waals surface area contributed by atoms with Crippen LogP contribution in [0.1, 0.15) is 37.5 Å². The van der Waals surface area contributed by atoms with Crippen molar-refractivity contribution in [2.75, 3.05) is 0 Å². The second-order valence-corrected chi connectivity index (χ2v) is 9.40. The molecular formula is C31H31NO2. The SMILES string of the molecule is CC(C)(C)OC(=O)/C=C/c1cc(-c2cccc3ccccc23)ccc1CNCc1ccccc1. The molecule has 34 heavy (non-hydrogen) atoms. The molecule has 4 aromatic rings. The van der Waals surface area contributed by atoms with Gasteiger partial charge in [0.05, 0.1) is 0 Å². The topological polar surface area (TPSA) is 38.3 Å². The Bertz CT molecular complexity index is 1290. The van der Waals surface area contributed by atoms with Gasteiger partial charge in [-0.3, -0.25) is 0 Å². The van der Waals surface area contributed by atoms with E-state index in [-0.39, 0.29) is 5.97 Å². The van der Waals surface area contributed by atoms with Gasteiger partial charge in [-0.2, -0.15) is 0 Å². The third-order valence-corrected chi connectivity index (χ3v) is 5.54. The molecule has 3 nitrogen and oxygen atoms in total. The third-order valence-electron chi connectivity index (χ3n) is 5.54. The van der Waals surface area contributed by atoms with Crippen LogP contribution in [-0.2, 0) is 22.6 Å². The van der Waals surface area contributed by atoms with Gasteiger partial charge in [-0.05, 0) is 71.5 Å². The van der Waals surface area contributed by atoms with Crippen LogP contribution in [0.3, 0.4) is 0 Å². The van der Waals surface area contributed by atoms with Crippen molar-refractivity contribution in [1.82, 2.24) is 5.32 Å². The standard InChI is InChI=1S/C31H31NO2/c1-31(2,3)34-30(33)19-18-25-20-26(29-15-9-13-24-12-7-8-14-28(24)29)16-17-27(25)22-32-21-23-10-5-4-6-11-23/h4-20,32H,21-22H2,1-3H3/b19-18+. The molecule has 0 aromatic heterocycles. The Morgan fingerprint density at radius 2 is 1.59 bits per heavy atom. The lowest BCUT2D eigenvalue weighted by Gasteiger charge is -2.18. The molecule has 0 aliphatic rings. The van der Waals surface area contributed by atoms with Crippen LogP contribution < -0.4 is 5.32 Å². The Morgan fingerprint density at radius 1 is 0.853 bits per heavy atom. The first-order valence-electron chi connectivity index (χ1n) is 11.7. The summed E-state index contributed by atoms with van der Waals surface area (Å²) in [6, 6.07) is 31.6. The van der Waals surface area contributed by atoms with E-state index in [0.29, 0.717) is 6.54 Å². The normalized spacial score (nSPS) is 11.7. The maximum absolute atomic E-state index is 12.3. The van der Waals surface area contributed by atoms with E-state index >= 15 is 0 Å². The molecule has 3 heteroatoms. The average molecular weight is 450 g/mol. The van der Waals surface area contributed by atoms with Crippen LogP contribution in [0.25, 0.3) is 28.0 Å². The summed E-state index contributed by atoms with van der Waals surface area (Å²) in [4.78, 5) is 12.3. The first-order chi connectivity index (χ1) is 16.4. The van der Waals surface area contributed by atoms with Gasteiger partial charge in [0.25, 0.3) is 0 Å². The summed E-state index contributed by atoms with van der Waals surface area (Å²) in [7, 11) is 0. The number of esters is 1. The van der Waals surface area contributed by atoms with E-state index in [1.807, 2.05) is 45.0 Å². The van der Waals surface area contributed by atoms with Crippen molar-refractivity contribution >= 4 is 22.8 Å². The Hall–Kier alpha value is -3.69. The molecule has 0 saturated carbocycles. The van der Waals surface area contributed by atoms with Crippen LogP contribution in [-0.4, -0.2) is 11.6 Å². The Labute approximate surface area is 202 Å². The zero-order valence-electron chi connectivity index (χ0n) is 20.0. The minimum absolute atomic E-state index is 0.341. The van der Waals surface area contributed by atoms with Gasteiger partial charge in [0.2, 0.25) is 0 Å². The monoisotopic (exact) mass is 449 g/mol. The van der Waals surface area contributed by atoms with Gasteiger partial charge in [-0.25, -0.2) is 4.79 Å². The van der Waals surface area contributed by atoms with Crippen molar-refractivity contribution in [3.8, 4) is 11.1 Å². The predicted molar refractivity (Wildman–Crippen MR) is 141 cm³/mol. The van der Waals surface area contributed by atoms with E-state index in [9.17, 15) is 4.79 Å². The minimum atomic E-state index is -0.522. The zero-order chi connectivity index (χ0) is 24.0. The van der Waals surface area contributed by atoms with Gasteiger partial charge in [0.1, 0.15) is 5.60 Å². The van der Waals surface area contributed by atoms with E-state index in [0.717, 1.165) is 23.2 Å². The van der Waals surface area contributed by atoms with Gasteiger partial charge in [0.15, 0.2) is 0 Å². The Kier molecular flexibility index (Phi) is 7.24. The van der Waals surface area contributed by atoms with Crippen molar-refractivity contribution in [1.29, 1.82) is 0 Å². The lowest BCUT2D eigenvalue weighted by Crippen LogP contribution is -2.22. The molecule has 0 unspecified atom stereocenters. The summed E-state index contributed by atoms with van der Waals surface area (Å²) in [6.45, 7) is 7.09. The van der Waals surface area contributed by atoms with Crippen molar-refractivity contribution in [2.45, 2.75) is 39.5 Å². The predicted octanol–water partition coefficient (Wildman–Crippen LogP) is 7.15. The van der Waals surface area contributed by atoms with E-state index in [4.69, 9.17) is 4.74 Å². The molecule has 0 atom stereocenters. The molecule has 4 rings (SSSR count). The lowest BCUT2D eigenvalue weighted by atomic mass is 9.95. The number of hydrogen-bond acceptors (Lipinski definition) is 3. The van der Waals surface area contributed by atoms with E-state index < -0.39 is 5.60 Å². The number of rotatable bonds is 7. The van der Waals surface area contributed by atoms with Crippen molar-refractivity contribution < 1.29 is 9.53 Å². The molecular weight excluding hydrogens is 418 g/mol. The summed E-state index contributed by atoms with van der Waals surface area (Å²) in [5.74, 6) is -0.341. The van der Waals surface area contributed by atoms with Crippen molar-refractivity contribution in [3.63, 3.8) is 0 Å². The molecule has 0 aliphatic heterocycles. The molecule has 0 amide bonds. The second kappa shape index (κ2) is 10.5. The summed E-state index contributed by atoms with van der Waals surface area (Å²) in [5, 5.41) is 5.94. The number of fused-ring (bicyclic) bond motifs is 1. The van der Waals surface area contributed by atoms with Crippen LogP contribution in [0.15, 0.2) is 97.1 Å². The molecule has 0 aliphatic carbocycles. The minimum Gasteiger partial charge on any atom is -0.457 e. The van der Waals surface area contributed by atoms with Gasteiger partial charge in [0, 0.05) is 19.2 Å². The second-order valence-electron chi connectivity index (χ2n) is 9.40. The third kappa shape index (κ3) is 6.21. The smallest absolute Gasteiger partial charge is 0.331 e. The summed E-state index contributed by atoms with van der Waals surface area (Å²) >= 11 is 0. The molecule has 0 fully saturated rings. The molecule has 172 valence electrons. The fourth-order valence-electron chi connectivity index (χ4n) is 3.99. The number of carbonyl (C=O) groups is 1. The van der Waals surface area contributed by atoms with Crippen LogP contribution >= 0.6 is 0 Å². The number of hydrogen-bond donors (Lipinski definition) is 1. The lowest BCUT2D eigenvalue weighted by molar-refractivity contribution is -0.148. The number of ether oxygens (including phenoxy) is 1. The zero-order valence-corrected chi connectivity index (χ0v) is 20.0. The first kappa shape index (κ1) is 23.5. The number of carbonyl (C=O) groups excluding carboxylic acids is 1. The van der Waals surface area contributed by atoms with Crippen LogP contribution in [0.2, 0.25) is 0 Å². The Balaban J connectivity index is 1.64. The van der Waals surface area contributed by atoms with Gasteiger partial charge < -0.3 is 10.1 Å². The highest BCUT2D eigenvalue weighted by Gasteiger charge is 2.14. The van der Waals surface area contributed by atoms with E-state index in [1.54, 1.807) is 0 Å². The molecule has 0 heterocycles. The maximum Gasteiger partial charge on any atom is 0.331 e. The quantitative estimate of drug-likeness (QED) is 0.240. The van der Waals surface area contributed by atoms with Crippen LogP contribution in [0, 0.1) is 0 Å². The average Bonchev–Trinajstić information content (AvgIpc) is 2.82. The molecule has 0 saturated heterocycles. The molecule has 1 N–H and O–H groups in total. The highest BCUT2D eigenvalue weighted by atomic mass is 16.6. The number of benzene rings is 4. The molecule has 0 bridgehead atoms. The highest BCUT2D eigenvalue weighted by Crippen LogP contribution is 2.30. The van der Waals surface area contributed by atoms with Gasteiger partial charge in [-0.1, -0.05) is 84.9 Å². The summed E-state index contributed by atoms with van der Waals surface area (Å²) in [6.07, 6.45) is 3.39. The van der Waals surface area contributed by atoms with E-state index in [2.05, 4.69) is 78.1 Å². The fraction of sp³-hybridized carbons (Fsp3) is 0.194. The summed E-state index contributed by atoms with van der Waals surface area (Å²) < 4.78 is 5.47. The first-order valence-corrected chi connectivity index (χ1v) is 11.7. The molecule has 4 aromatic carbocycles. The summed E-state index contributed by atoms with van der Waals surface area (Å²) in [5.41, 5.74) is 5.13. The molecule has 0 spiro atoms. The van der Waals surface area contributed by atoms with Crippen LogP contribution in [0.4, 0.5) is 0 Å². The molecule has 0 radical (unpaired) electrons. The fourth-order valence-corrected chi connectivity index (χ4v) is 3.99. The van der Waals surface area contributed by atoms with Crippen molar-refractivity contribution in [2.24, 2.45) is 0 Å².